The molecule has 8 heteroatoms. The van der Waals surface area contributed by atoms with Gasteiger partial charge < -0.3 is 10.1 Å². The molecular formula is C19H18BrN3O4. The summed E-state index contributed by atoms with van der Waals surface area (Å²) in [5.41, 5.74) is 0.645. The van der Waals surface area contributed by atoms with Crippen molar-refractivity contribution in [3.8, 4) is 5.75 Å². The molecule has 1 spiro atoms. The number of hydrogen-bond acceptors (Lipinski definition) is 5. The summed E-state index contributed by atoms with van der Waals surface area (Å²) in [7, 11) is 3.31. The Morgan fingerprint density at radius 3 is 2.78 bits per heavy atom. The Morgan fingerprint density at radius 2 is 2.07 bits per heavy atom. The smallest absolute Gasteiger partial charge is 0.256 e. The number of ether oxygens (including phenoxy) is 1. The van der Waals surface area contributed by atoms with Crippen LogP contribution < -0.4 is 10.1 Å². The average Bonchev–Trinajstić information content (AvgIpc) is 3.11. The molecule has 7 nitrogen and oxygen atoms in total. The number of hydrogen-bond donors (Lipinski definition) is 1. The van der Waals surface area contributed by atoms with Crippen LogP contribution in [0.1, 0.15) is 17.0 Å². The van der Waals surface area contributed by atoms with Crippen LogP contribution in [0.3, 0.4) is 0 Å². The standard InChI is InChI=1S/C19H18BrN3O4/c1-22-10-13(12-9-11(20)7-8-16(12)27-2)17(23(25)26)19(22)14-5-3-4-6-15(14)21-18(19)24/h3-9,13,17H,10H2,1-2H3,(H,21,24)/t13-,17+,19+/m0/s1. The molecule has 0 bridgehead atoms. The Labute approximate surface area is 164 Å². The van der Waals surface area contributed by atoms with E-state index in [1.165, 1.54) is 0 Å². The van der Waals surface area contributed by atoms with Gasteiger partial charge in [0.1, 0.15) is 5.75 Å². The van der Waals surface area contributed by atoms with Crippen LogP contribution in [0.5, 0.6) is 5.75 Å². The number of halogens is 1. The number of carbonyl (C=O) groups is 1. The summed E-state index contributed by atoms with van der Waals surface area (Å²) in [5, 5.41) is 15.1. The van der Waals surface area contributed by atoms with Crippen molar-refractivity contribution in [1.82, 2.24) is 4.90 Å². The normalized spacial score (nSPS) is 26.9. The summed E-state index contributed by atoms with van der Waals surface area (Å²) in [6.45, 7) is 0.361. The number of methoxy groups -OCH3 is 1. The largest absolute Gasteiger partial charge is 0.496 e. The minimum absolute atomic E-state index is 0.323. The van der Waals surface area contributed by atoms with E-state index in [-0.39, 0.29) is 10.8 Å². The van der Waals surface area contributed by atoms with Gasteiger partial charge in [0, 0.05) is 32.8 Å². The number of fused-ring (bicyclic) bond motifs is 2. The maximum absolute atomic E-state index is 13.1. The Morgan fingerprint density at radius 1 is 1.33 bits per heavy atom. The predicted molar refractivity (Wildman–Crippen MR) is 104 cm³/mol. The number of likely N-dealkylation sites (N-methyl/N-ethyl adjacent to an activating group) is 1. The Balaban J connectivity index is 1.93. The van der Waals surface area contributed by atoms with E-state index in [0.717, 1.165) is 10.0 Å². The van der Waals surface area contributed by atoms with E-state index in [9.17, 15) is 14.9 Å². The van der Waals surface area contributed by atoms with E-state index >= 15 is 0 Å². The van der Waals surface area contributed by atoms with Gasteiger partial charge in [-0.05, 0) is 31.3 Å². The van der Waals surface area contributed by atoms with Crippen LogP contribution in [-0.2, 0) is 10.3 Å². The van der Waals surface area contributed by atoms with Crippen LogP contribution in [0.4, 0.5) is 5.69 Å². The summed E-state index contributed by atoms with van der Waals surface area (Å²) in [6, 6.07) is 11.5. The van der Waals surface area contributed by atoms with Gasteiger partial charge in [0.2, 0.25) is 0 Å². The second-order valence-corrected chi connectivity index (χ2v) is 7.79. The second kappa shape index (κ2) is 6.31. The number of anilines is 1. The summed E-state index contributed by atoms with van der Waals surface area (Å²) in [4.78, 5) is 26.8. The fraction of sp³-hybridized carbons (Fsp3) is 0.316. The van der Waals surface area contributed by atoms with Crippen LogP contribution >= 0.6 is 15.9 Å². The molecule has 2 heterocycles. The molecule has 4 rings (SSSR count). The number of carbonyl (C=O) groups excluding carboxylic acids is 1. The number of likely N-dealkylation sites (tertiary alicyclic amines) is 1. The van der Waals surface area contributed by atoms with Crippen LogP contribution in [0.2, 0.25) is 0 Å². The van der Waals surface area contributed by atoms with Crippen molar-refractivity contribution in [3.05, 3.63) is 68.2 Å². The lowest BCUT2D eigenvalue weighted by Crippen LogP contribution is -2.54. The Hall–Kier alpha value is -2.45. The third kappa shape index (κ3) is 2.40. The molecule has 2 aliphatic heterocycles. The lowest BCUT2D eigenvalue weighted by molar-refractivity contribution is -0.534. The van der Waals surface area contributed by atoms with Crippen molar-refractivity contribution in [1.29, 1.82) is 0 Å². The molecule has 140 valence electrons. The van der Waals surface area contributed by atoms with E-state index in [1.807, 2.05) is 18.2 Å². The first kappa shape index (κ1) is 17.9. The minimum atomic E-state index is -1.35. The highest BCUT2D eigenvalue weighted by Gasteiger charge is 2.68. The van der Waals surface area contributed by atoms with Crippen molar-refractivity contribution in [2.75, 3.05) is 26.0 Å². The number of benzene rings is 2. The van der Waals surface area contributed by atoms with E-state index in [0.29, 0.717) is 23.5 Å². The second-order valence-electron chi connectivity index (χ2n) is 6.87. The molecule has 1 fully saturated rings. The van der Waals surface area contributed by atoms with Gasteiger partial charge >= 0.3 is 0 Å². The molecule has 0 aromatic heterocycles. The lowest BCUT2D eigenvalue weighted by Gasteiger charge is -2.30. The van der Waals surface area contributed by atoms with Gasteiger partial charge in [-0.1, -0.05) is 34.1 Å². The molecule has 27 heavy (non-hydrogen) atoms. The van der Waals surface area contributed by atoms with Crippen molar-refractivity contribution >= 4 is 27.5 Å². The highest BCUT2D eigenvalue weighted by molar-refractivity contribution is 9.10. The van der Waals surface area contributed by atoms with Crippen molar-refractivity contribution in [3.63, 3.8) is 0 Å². The molecule has 3 atom stereocenters. The van der Waals surface area contributed by atoms with Crippen molar-refractivity contribution < 1.29 is 14.5 Å². The highest BCUT2D eigenvalue weighted by atomic mass is 79.9. The quantitative estimate of drug-likeness (QED) is 0.596. The fourth-order valence-electron chi connectivity index (χ4n) is 4.56. The number of amides is 1. The molecule has 2 aromatic carbocycles. The monoisotopic (exact) mass is 431 g/mol. The van der Waals surface area contributed by atoms with Gasteiger partial charge in [0.25, 0.3) is 11.9 Å². The van der Waals surface area contributed by atoms with E-state index < -0.39 is 17.5 Å². The third-order valence-corrected chi connectivity index (χ3v) is 6.13. The maximum atomic E-state index is 13.1. The first-order valence-corrected chi connectivity index (χ1v) is 9.29. The third-order valence-electron chi connectivity index (χ3n) is 5.63. The molecule has 0 unspecified atom stereocenters. The van der Waals surface area contributed by atoms with Crippen LogP contribution in [0.25, 0.3) is 0 Å². The van der Waals surface area contributed by atoms with E-state index in [4.69, 9.17) is 4.74 Å². The summed E-state index contributed by atoms with van der Waals surface area (Å²) >= 11 is 3.44. The summed E-state index contributed by atoms with van der Waals surface area (Å²) in [5.74, 6) is -0.286. The van der Waals surface area contributed by atoms with Crippen molar-refractivity contribution in [2.24, 2.45) is 0 Å². The van der Waals surface area contributed by atoms with Gasteiger partial charge in [-0.15, -0.1) is 0 Å². The Bertz CT molecular complexity index is 950. The van der Waals surface area contributed by atoms with Gasteiger partial charge in [-0.3, -0.25) is 19.8 Å². The molecule has 0 aliphatic carbocycles. The van der Waals surface area contributed by atoms with Gasteiger partial charge in [-0.25, -0.2) is 0 Å². The highest BCUT2D eigenvalue weighted by Crippen LogP contribution is 2.53. The maximum Gasteiger partial charge on any atom is 0.256 e. The molecule has 1 N–H and O–H groups in total. The van der Waals surface area contributed by atoms with Crippen LogP contribution in [0, 0.1) is 10.1 Å². The zero-order valence-corrected chi connectivity index (χ0v) is 16.4. The zero-order valence-electron chi connectivity index (χ0n) is 14.8. The fourth-order valence-corrected chi connectivity index (χ4v) is 4.93. The zero-order chi connectivity index (χ0) is 19.3. The van der Waals surface area contributed by atoms with Crippen LogP contribution in [-0.4, -0.2) is 42.5 Å². The number of nitrogens with one attached hydrogen (secondary N) is 1. The molecule has 0 saturated carbocycles. The average molecular weight is 432 g/mol. The summed E-state index contributed by atoms with van der Waals surface area (Å²) < 4.78 is 6.27. The molecule has 0 radical (unpaired) electrons. The summed E-state index contributed by atoms with van der Waals surface area (Å²) in [6.07, 6.45) is 0. The molecule has 2 aromatic rings. The number of nitrogens with zero attached hydrogens (tertiary/aromatic N) is 2. The van der Waals surface area contributed by atoms with Crippen molar-refractivity contribution in [2.45, 2.75) is 17.5 Å². The molecule has 2 aliphatic rings. The first-order chi connectivity index (χ1) is 12.9. The minimum Gasteiger partial charge on any atom is -0.496 e. The van der Waals surface area contributed by atoms with Gasteiger partial charge in [0.05, 0.1) is 13.0 Å². The van der Waals surface area contributed by atoms with Gasteiger partial charge in [0.15, 0.2) is 5.54 Å². The van der Waals surface area contributed by atoms with E-state index in [2.05, 4.69) is 21.2 Å². The topological polar surface area (TPSA) is 84.7 Å². The molecule has 1 saturated heterocycles. The lowest BCUT2D eigenvalue weighted by atomic mass is 9.79. The number of para-hydroxylation sites is 1. The van der Waals surface area contributed by atoms with Crippen LogP contribution in [0.15, 0.2) is 46.9 Å². The molecule has 1 amide bonds. The molecular weight excluding hydrogens is 414 g/mol. The first-order valence-electron chi connectivity index (χ1n) is 8.50. The number of nitro groups is 1. The SMILES string of the molecule is COc1ccc(Br)cc1[C@@H]1CN(C)[C@@]2(C(=O)Nc3ccccc32)[C@@H]1[N+](=O)[O-]. The van der Waals surface area contributed by atoms with Gasteiger partial charge in [-0.2, -0.15) is 0 Å². The van der Waals surface area contributed by atoms with E-state index in [1.54, 1.807) is 43.3 Å². The predicted octanol–water partition coefficient (Wildman–Crippen LogP) is 2.98. The number of rotatable bonds is 3. The Kier molecular flexibility index (Phi) is 4.20.